The third-order valence-corrected chi connectivity index (χ3v) is 5.05. The zero-order valence-electron chi connectivity index (χ0n) is 14.1. The van der Waals surface area contributed by atoms with Gasteiger partial charge in [-0.3, -0.25) is 4.90 Å². The van der Waals surface area contributed by atoms with Crippen molar-refractivity contribution in [3.8, 4) is 11.6 Å². The highest BCUT2D eigenvalue weighted by Gasteiger charge is 2.16. The highest BCUT2D eigenvalue weighted by Crippen LogP contribution is 2.28. The van der Waals surface area contributed by atoms with Gasteiger partial charge in [-0.25, -0.2) is 4.68 Å². The number of aromatic nitrogens is 2. The molecule has 0 saturated carbocycles. The summed E-state index contributed by atoms with van der Waals surface area (Å²) in [6.45, 7) is 8.25. The van der Waals surface area contributed by atoms with Gasteiger partial charge < -0.3 is 4.74 Å². The molecule has 0 radical (unpaired) electrons. The molecule has 130 valence electrons. The van der Waals surface area contributed by atoms with Crippen LogP contribution in [0.2, 0.25) is 10.0 Å². The van der Waals surface area contributed by atoms with Crippen molar-refractivity contribution in [1.82, 2.24) is 14.7 Å². The molecule has 0 unspecified atom stereocenters. The molecule has 0 amide bonds. The van der Waals surface area contributed by atoms with E-state index in [-0.39, 0.29) is 0 Å². The second-order valence-corrected chi connectivity index (χ2v) is 7.28. The number of hydrogen-bond acceptors (Lipinski definition) is 3. The Labute approximate surface area is 153 Å². The van der Waals surface area contributed by atoms with Gasteiger partial charge in [-0.15, -0.1) is 5.10 Å². The van der Waals surface area contributed by atoms with E-state index in [1.165, 1.54) is 25.9 Å². The van der Waals surface area contributed by atoms with Gasteiger partial charge in [0.1, 0.15) is 6.61 Å². The van der Waals surface area contributed by atoms with Crippen LogP contribution in [0.15, 0.2) is 24.3 Å². The number of halogens is 2. The number of benzene rings is 1. The van der Waals surface area contributed by atoms with E-state index in [1.807, 2.05) is 22.9 Å². The minimum Gasteiger partial charge on any atom is -0.475 e. The number of likely N-dealkylation sites (tertiary alicyclic amines) is 1. The van der Waals surface area contributed by atoms with Crippen molar-refractivity contribution < 1.29 is 4.74 Å². The van der Waals surface area contributed by atoms with Gasteiger partial charge in [0.15, 0.2) is 0 Å². The van der Waals surface area contributed by atoms with Crippen LogP contribution in [-0.2, 0) is 0 Å². The van der Waals surface area contributed by atoms with E-state index >= 15 is 0 Å². The van der Waals surface area contributed by atoms with Crippen molar-refractivity contribution in [2.24, 2.45) is 0 Å². The minimum atomic E-state index is 0.322. The van der Waals surface area contributed by atoms with E-state index in [4.69, 9.17) is 27.9 Å². The molecule has 0 spiro atoms. The lowest BCUT2D eigenvalue weighted by molar-refractivity contribution is 0.231. The second-order valence-electron chi connectivity index (χ2n) is 6.47. The fourth-order valence-electron chi connectivity index (χ4n) is 2.96. The van der Waals surface area contributed by atoms with E-state index in [0.717, 1.165) is 17.9 Å². The summed E-state index contributed by atoms with van der Waals surface area (Å²) in [4.78, 5) is 2.43. The first-order valence-corrected chi connectivity index (χ1v) is 9.20. The van der Waals surface area contributed by atoms with Crippen molar-refractivity contribution in [1.29, 1.82) is 0 Å². The molecule has 1 saturated heterocycles. The molecule has 0 bridgehead atoms. The third kappa shape index (κ3) is 4.05. The lowest BCUT2D eigenvalue weighted by atomic mass is 10.1. The van der Waals surface area contributed by atoms with Gasteiger partial charge >= 0.3 is 0 Å². The Morgan fingerprint density at radius 3 is 2.54 bits per heavy atom. The topological polar surface area (TPSA) is 30.3 Å². The third-order valence-electron chi connectivity index (χ3n) is 4.31. The minimum absolute atomic E-state index is 0.322. The molecule has 3 rings (SSSR count). The average Bonchev–Trinajstić information content (AvgIpc) is 3.20. The smallest absolute Gasteiger partial charge is 0.233 e. The second kappa shape index (κ2) is 7.77. The molecule has 0 N–H and O–H groups in total. The van der Waals surface area contributed by atoms with Gasteiger partial charge in [-0.05, 0) is 50.0 Å². The summed E-state index contributed by atoms with van der Waals surface area (Å²) >= 11 is 12.2. The van der Waals surface area contributed by atoms with Crippen LogP contribution in [0.4, 0.5) is 0 Å². The lowest BCUT2D eigenvalue weighted by Crippen LogP contribution is -2.25. The Hall–Kier alpha value is -1.23. The maximum Gasteiger partial charge on any atom is 0.233 e. The largest absolute Gasteiger partial charge is 0.475 e. The quantitative estimate of drug-likeness (QED) is 0.735. The van der Waals surface area contributed by atoms with E-state index in [2.05, 4.69) is 23.8 Å². The fraction of sp³-hybridized carbons (Fsp3) is 0.500. The van der Waals surface area contributed by atoms with Crippen LogP contribution >= 0.6 is 23.2 Å². The normalized spacial score (nSPS) is 15.4. The molecule has 0 atom stereocenters. The molecule has 24 heavy (non-hydrogen) atoms. The monoisotopic (exact) mass is 367 g/mol. The van der Waals surface area contributed by atoms with E-state index < -0.39 is 0 Å². The molecule has 6 heteroatoms. The van der Waals surface area contributed by atoms with Crippen LogP contribution < -0.4 is 4.74 Å². The molecule has 0 aliphatic carbocycles. The summed E-state index contributed by atoms with van der Waals surface area (Å²) in [6, 6.07) is 7.55. The summed E-state index contributed by atoms with van der Waals surface area (Å²) in [7, 11) is 0. The molecule has 1 aliphatic rings. The number of hydrogen-bond donors (Lipinski definition) is 0. The van der Waals surface area contributed by atoms with Crippen LogP contribution in [0.5, 0.6) is 5.88 Å². The number of rotatable bonds is 6. The number of ether oxygens (including phenoxy) is 1. The SMILES string of the molecule is CC(C)c1cc(OCCN2CCCC2)nn1-c1ccc(Cl)c(Cl)c1. The molecular formula is C18H23Cl2N3O. The summed E-state index contributed by atoms with van der Waals surface area (Å²) in [6.07, 6.45) is 2.59. The first-order valence-electron chi connectivity index (χ1n) is 8.45. The van der Waals surface area contributed by atoms with Crippen molar-refractivity contribution >= 4 is 23.2 Å². The van der Waals surface area contributed by atoms with Crippen LogP contribution in [0.1, 0.15) is 38.3 Å². The van der Waals surface area contributed by atoms with Gasteiger partial charge in [-0.1, -0.05) is 37.0 Å². The maximum absolute atomic E-state index is 6.15. The molecule has 1 aromatic carbocycles. The zero-order chi connectivity index (χ0) is 17.1. The van der Waals surface area contributed by atoms with Crippen LogP contribution in [-0.4, -0.2) is 40.9 Å². The van der Waals surface area contributed by atoms with Crippen molar-refractivity contribution in [3.05, 3.63) is 40.0 Å². The number of nitrogens with zero attached hydrogens (tertiary/aromatic N) is 3. The standard InChI is InChI=1S/C18H23Cl2N3O/c1-13(2)17-12-18(24-10-9-22-7-3-4-8-22)21-23(17)14-5-6-15(19)16(20)11-14/h5-6,11-13H,3-4,7-10H2,1-2H3. The lowest BCUT2D eigenvalue weighted by Gasteiger charge is -2.13. The van der Waals surface area contributed by atoms with Crippen LogP contribution in [0.25, 0.3) is 5.69 Å². The molecule has 2 aromatic rings. The first kappa shape index (κ1) is 17.6. The predicted octanol–water partition coefficient (Wildman–Crippen LogP) is 4.78. The average molecular weight is 368 g/mol. The molecule has 1 aliphatic heterocycles. The van der Waals surface area contributed by atoms with E-state index in [1.54, 1.807) is 6.07 Å². The molecule has 4 nitrogen and oxygen atoms in total. The van der Waals surface area contributed by atoms with Gasteiger partial charge in [0.25, 0.3) is 0 Å². The van der Waals surface area contributed by atoms with Crippen LogP contribution in [0.3, 0.4) is 0 Å². The van der Waals surface area contributed by atoms with Gasteiger partial charge in [0.2, 0.25) is 5.88 Å². The molecule has 2 heterocycles. The maximum atomic E-state index is 6.15. The zero-order valence-corrected chi connectivity index (χ0v) is 15.6. The molecular weight excluding hydrogens is 345 g/mol. The highest BCUT2D eigenvalue weighted by molar-refractivity contribution is 6.42. The predicted molar refractivity (Wildman–Crippen MR) is 98.8 cm³/mol. The van der Waals surface area contributed by atoms with Crippen molar-refractivity contribution in [3.63, 3.8) is 0 Å². The fourth-order valence-corrected chi connectivity index (χ4v) is 3.26. The highest BCUT2D eigenvalue weighted by atomic mass is 35.5. The molecule has 1 fully saturated rings. The summed E-state index contributed by atoms with van der Waals surface area (Å²) < 4.78 is 7.77. The Balaban J connectivity index is 1.75. The Morgan fingerprint density at radius 2 is 1.88 bits per heavy atom. The van der Waals surface area contributed by atoms with Crippen molar-refractivity contribution in [2.75, 3.05) is 26.2 Å². The van der Waals surface area contributed by atoms with Gasteiger partial charge in [-0.2, -0.15) is 0 Å². The first-order chi connectivity index (χ1) is 11.5. The van der Waals surface area contributed by atoms with Crippen LogP contribution in [0, 0.1) is 0 Å². The molecule has 1 aromatic heterocycles. The summed E-state index contributed by atoms with van der Waals surface area (Å²) in [5.74, 6) is 0.979. The Morgan fingerprint density at radius 1 is 1.12 bits per heavy atom. The van der Waals surface area contributed by atoms with Crippen molar-refractivity contribution in [2.45, 2.75) is 32.6 Å². The van der Waals surface area contributed by atoms with Gasteiger partial charge in [0, 0.05) is 12.6 Å². The summed E-state index contributed by atoms with van der Waals surface area (Å²) in [5.41, 5.74) is 1.98. The Bertz CT molecular complexity index is 694. The van der Waals surface area contributed by atoms with Gasteiger partial charge in [0.05, 0.1) is 21.4 Å². The Kier molecular flexibility index (Phi) is 5.69. The van der Waals surface area contributed by atoms with E-state index in [0.29, 0.717) is 28.5 Å². The summed E-state index contributed by atoms with van der Waals surface area (Å²) in [5, 5.41) is 5.68. The van der Waals surface area contributed by atoms with E-state index in [9.17, 15) is 0 Å².